The maximum Gasteiger partial charge on any atom is 0.400 e. The number of carbonyl (C=O) groups excluding carboxylic acids is 1. The molecule has 2 rings (SSSR count). The lowest BCUT2D eigenvalue weighted by Crippen LogP contribution is -2.15. The van der Waals surface area contributed by atoms with Crippen molar-refractivity contribution in [2.75, 3.05) is 13.7 Å². The van der Waals surface area contributed by atoms with Crippen LogP contribution in [-0.4, -0.2) is 19.7 Å². The van der Waals surface area contributed by atoms with Crippen LogP contribution in [0.5, 0.6) is 17.4 Å². The number of carbonyl (C=O) groups is 1. The highest BCUT2D eigenvalue weighted by Crippen LogP contribution is 2.40. The lowest BCUT2D eigenvalue weighted by Gasteiger charge is -2.11. The number of aromatic nitrogens is 1. The quantitative estimate of drug-likeness (QED) is 0.517. The number of nitrogens with one attached hydrogen (secondary N) is 1. The van der Waals surface area contributed by atoms with Gasteiger partial charge < -0.3 is 14.2 Å². The number of H-pyrrole nitrogens is 1. The largest absolute Gasteiger partial charge is 0.462 e. The van der Waals surface area contributed by atoms with E-state index in [4.69, 9.17) is 25.8 Å². The number of pyridine rings is 1. The Labute approximate surface area is 151 Å². The number of aromatic amines is 1. The summed E-state index contributed by atoms with van der Waals surface area (Å²) in [6.07, 6.45) is 1.32. The summed E-state index contributed by atoms with van der Waals surface area (Å²) < 4.78 is 16.4. The third-order valence-electron chi connectivity index (χ3n) is 2.87. The molecular formula is C15H13BrClN2O5+. The first-order chi connectivity index (χ1) is 11.5. The van der Waals surface area contributed by atoms with E-state index in [1.165, 1.54) is 19.4 Å². The van der Waals surface area contributed by atoms with Crippen molar-refractivity contribution in [2.24, 2.45) is 5.18 Å². The summed E-state index contributed by atoms with van der Waals surface area (Å²) in [4.78, 5) is 26.0. The van der Waals surface area contributed by atoms with E-state index in [2.05, 4.69) is 26.1 Å². The monoisotopic (exact) mass is 415 g/mol. The molecule has 0 fully saturated rings. The van der Waals surface area contributed by atoms with E-state index < -0.39 is 5.97 Å². The van der Waals surface area contributed by atoms with Gasteiger partial charge in [0.15, 0.2) is 17.5 Å². The van der Waals surface area contributed by atoms with Crippen LogP contribution in [0.3, 0.4) is 0 Å². The number of nitroso groups, excluding NO2 is 1. The van der Waals surface area contributed by atoms with Gasteiger partial charge in [0.05, 0.1) is 13.7 Å². The van der Waals surface area contributed by atoms with Gasteiger partial charge in [0.2, 0.25) is 0 Å². The molecule has 1 heterocycles. The van der Waals surface area contributed by atoms with Crippen LogP contribution in [0, 0.1) is 4.91 Å². The molecule has 24 heavy (non-hydrogen) atoms. The lowest BCUT2D eigenvalue weighted by atomic mass is 10.2. The number of rotatable bonds is 6. The summed E-state index contributed by atoms with van der Waals surface area (Å²) in [6, 6.07) is 4.82. The normalized spacial score (nSPS) is 10.2. The summed E-state index contributed by atoms with van der Waals surface area (Å²) in [5, 5.41) is 3.31. The molecule has 0 amide bonds. The zero-order valence-electron chi connectivity index (χ0n) is 12.8. The second-order valence-electron chi connectivity index (χ2n) is 4.43. The SMILES string of the molecule is CCOC(=O)c1c[nH+]c(OC)c(N=O)c1Oc1cc(Cl)cc(Br)c1. The Kier molecular flexibility index (Phi) is 6.10. The molecular weight excluding hydrogens is 404 g/mol. The first-order valence-electron chi connectivity index (χ1n) is 6.77. The van der Waals surface area contributed by atoms with Crippen LogP contribution in [0.4, 0.5) is 5.69 Å². The van der Waals surface area contributed by atoms with Crippen molar-refractivity contribution < 1.29 is 24.0 Å². The summed E-state index contributed by atoms with van der Waals surface area (Å²) in [6.45, 7) is 1.83. The minimum Gasteiger partial charge on any atom is -0.462 e. The average Bonchev–Trinajstić information content (AvgIpc) is 2.53. The van der Waals surface area contributed by atoms with Crippen molar-refractivity contribution >= 4 is 39.2 Å². The molecule has 9 heteroatoms. The Morgan fingerprint density at radius 2 is 2.12 bits per heavy atom. The zero-order chi connectivity index (χ0) is 17.7. The predicted octanol–water partition coefficient (Wildman–Crippen LogP) is 4.29. The second kappa shape index (κ2) is 8.07. The van der Waals surface area contributed by atoms with Crippen molar-refractivity contribution in [3.8, 4) is 17.4 Å². The maximum atomic E-state index is 12.1. The highest BCUT2D eigenvalue weighted by Gasteiger charge is 2.28. The molecule has 1 aromatic heterocycles. The lowest BCUT2D eigenvalue weighted by molar-refractivity contribution is -0.392. The third kappa shape index (κ3) is 4.01. The molecule has 0 aliphatic heterocycles. The summed E-state index contributed by atoms with van der Waals surface area (Å²) in [5.74, 6) is -0.405. The first-order valence-corrected chi connectivity index (χ1v) is 7.94. The van der Waals surface area contributed by atoms with Crippen molar-refractivity contribution in [1.82, 2.24) is 0 Å². The van der Waals surface area contributed by atoms with Gasteiger partial charge in [-0.05, 0) is 30.3 Å². The molecule has 0 aliphatic carbocycles. The zero-order valence-corrected chi connectivity index (χ0v) is 15.1. The van der Waals surface area contributed by atoms with Crippen LogP contribution >= 0.6 is 27.5 Å². The first kappa shape index (κ1) is 18.2. The van der Waals surface area contributed by atoms with Crippen LogP contribution in [0.25, 0.3) is 0 Å². The Hall–Kier alpha value is -2.19. The molecule has 0 atom stereocenters. The average molecular weight is 417 g/mol. The summed E-state index contributed by atoms with van der Waals surface area (Å²) in [7, 11) is 1.35. The van der Waals surface area contributed by atoms with E-state index in [1.54, 1.807) is 19.1 Å². The molecule has 2 aromatic rings. The molecule has 126 valence electrons. The molecule has 0 spiro atoms. The Morgan fingerprint density at radius 1 is 1.38 bits per heavy atom. The second-order valence-corrected chi connectivity index (χ2v) is 5.78. The predicted molar refractivity (Wildman–Crippen MR) is 90.2 cm³/mol. The number of hydrogen-bond donors (Lipinski definition) is 0. The number of esters is 1. The molecule has 0 aliphatic rings. The van der Waals surface area contributed by atoms with E-state index in [1.807, 2.05) is 0 Å². The topological polar surface area (TPSA) is 88.3 Å². The number of hydrogen-bond acceptors (Lipinski definition) is 6. The van der Waals surface area contributed by atoms with Gasteiger partial charge in [-0.1, -0.05) is 27.5 Å². The van der Waals surface area contributed by atoms with Crippen molar-refractivity contribution in [3.05, 3.63) is 44.4 Å². The van der Waals surface area contributed by atoms with Crippen molar-refractivity contribution in [2.45, 2.75) is 6.92 Å². The van der Waals surface area contributed by atoms with Gasteiger partial charge >= 0.3 is 11.8 Å². The van der Waals surface area contributed by atoms with E-state index in [0.717, 1.165) is 0 Å². The van der Waals surface area contributed by atoms with E-state index in [9.17, 15) is 9.70 Å². The number of halogens is 2. The molecule has 1 aromatic carbocycles. The van der Waals surface area contributed by atoms with Gasteiger partial charge in [0.1, 0.15) is 5.75 Å². The van der Waals surface area contributed by atoms with Gasteiger partial charge in [-0.25, -0.2) is 4.79 Å². The summed E-state index contributed by atoms with van der Waals surface area (Å²) >= 11 is 9.27. The fraction of sp³-hybridized carbons (Fsp3) is 0.200. The van der Waals surface area contributed by atoms with Gasteiger partial charge in [-0.3, -0.25) is 0 Å². The number of ether oxygens (including phenoxy) is 3. The molecule has 0 radical (unpaired) electrons. The van der Waals surface area contributed by atoms with Crippen LogP contribution in [0.1, 0.15) is 17.3 Å². The fourth-order valence-corrected chi connectivity index (χ4v) is 2.74. The fourth-order valence-electron chi connectivity index (χ4n) is 1.91. The van der Waals surface area contributed by atoms with E-state index in [-0.39, 0.29) is 29.5 Å². The Bertz CT molecular complexity index is 764. The highest BCUT2D eigenvalue weighted by atomic mass is 79.9. The van der Waals surface area contributed by atoms with Crippen LogP contribution < -0.4 is 14.5 Å². The Balaban J connectivity index is 2.58. The third-order valence-corrected chi connectivity index (χ3v) is 3.55. The molecule has 0 unspecified atom stereocenters. The molecule has 0 bridgehead atoms. The smallest absolute Gasteiger partial charge is 0.400 e. The standard InChI is InChI=1S/C15H12BrClN2O5/c1-3-23-15(20)11-7-18-14(22-2)12(19-21)13(11)24-10-5-8(16)4-9(17)6-10/h4-7H,3H2,1-2H3/p+1. The molecule has 0 saturated heterocycles. The molecule has 7 nitrogen and oxygen atoms in total. The van der Waals surface area contributed by atoms with Crippen LogP contribution in [0.15, 0.2) is 34.0 Å². The van der Waals surface area contributed by atoms with Crippen LogP contribution in [0.2, 0.25) is 5.02 Å². The Morgan fingerprint density at radius 3 is 2.71 bits per heavy atom. The van der Waals surface area contributed by atoms with E-state index >= 15 is 0 Å². The van der Waals surface area contributed by atoms with Crippen molar-refractivity contribution in [1.29, 1.82) is 0 Å². The van der Waals surface area contributed by atoms with Crippen LogP contribution in [-0.2, 0) is 4.74 Å². The minimum absolute atomic E-state index is 0.00310. The maximum absolute atomic E-state index is 12.1. The number of benzene rings is 1. The van der Waals surface area contributed by atoms with Gasteiger partial charge in [-0.2, -0.15) is 4.98 Å². The number of methoxy groups -OCH3 is 1. The highest BCUT2D eigenvalue weighted by molar-refractivity contribution is 9.10. The van der Waals surface area contributed by atoms with Gasteiger partial charge in [-0.15, -0.1) is 4.91 Å². The van der Waals surface area contributed by atoms with Gasteiger partial charge in [0.25, 0.3) is 5.69 Å². The van der Waals surface area contributed by atoms with Gasteiger partial charge in [0, 0.05) is 9.50 Å². The molecule has 1 N–H and O–H groups in total. The molecule has 0 saturated carbocycles. The van der Waals surface area contributed by atoms with E-state index in [0.29, 0.717) is 15.2 Å². The number of nitrogens with zero attached hydrogens (tertiary/aromatic N) is 1. The van der Waals surface area contributed by atoms with Crippen molar-refractivity contribution in [3.63, 3.8) is 0 Å². The summed E-state index contributed by atoms with van der Waals surface area (Å²) in [5.41, 5.74) is -0.192. The minimum atomic E-state index is -0.669.